The van der Waals surface area contributed by atoms with Gasteiger partial charge in [0.05, 0.1) is 21.3 Å². The lowest BCUT2D eigenvalue weighted by Gasteiger charge is -2.26. The van der Waals surface area contributed by atoms with Crippen LogP contribution in [0.15, 0.2) is 28.4 Å². The number of hydrogen-bond acceptors (Lipinski definition) is 6. The van der Waals surface area contributed by atoms with Gasteiger partial charge < -0.3 is 24.3 Å². The fourth-order valence-corrected chi connectivity index (χ4v) is 5.18. The van der Waals surface area contributed by atoms with Gasteiger partial charge in [-0.25, -0.2) is 9.78 Å². The number of thiophene rings is 1. The number of H-pyrrole nitrogens is 1. The first-order chi connectivity index (χ1) is 15.6. The SMILES string of the molecule is Cn1c(=O)c(-c2nc3cc4c(cc3[nH]2)CCN(C(=O)OC(C)(C)C)CC4)c(O)c2sccc21. The summed E-state index contributed by atoms with van der Waals surface area (Å²) in [6.07, 6.45) is 1.10. The molecular weight excluding hydrogens is 440 g/mol. The highest BCUT2D eigenvalue weighted by Crippen LogP contribution is 2.36. The maximum absolute atomic E-state index is 13.0. The van der Waals surface area contributed by atoms with E-state index >= 15 is 0 Å². The molecule has 172 valence electrons. The van der Waals surface area contributed by atoms with Gasteiger partial charge in [-0.2, -0.15) is 0 Å². The van der Waals surface area contributed by atoms with E-state index in [4.69, 9.17) is 4.74 Å². The summed E-state index contributed by atoms with van der Waals surface area (Å²) in [6.45, 7) is 6.74. The lowest BCUT2D eigenvalue weighted by molar-refractivity contribution is 0.0258. The average Bonchev–Trinajstić information content (AvgIpc) is 3.32. The average molecular weight is 467 g/mol. The molecule has 0 aliphatic carbocycles. The Morgan fingerprint density at radius 3 is 2.61 bits per heavy atom. The summed E-state index contributed by atoms with van der Waals surface area (Å²) in [5.74, 6) is 0.311. The van der Waals surface area contributed by atoms with Crippen LogP contribution in [0.4, 0.5) is 4.79 Å². The fraction of sp³-hybridized carbons (Fsp3) is 0.375. The zero-order valence-electron chi connectivity index (χ0n) is 19.1. The highest BCUT2D eigenvalue weighted by Gasteiger charge is 2.25. The molecule has 1 aliphatic heterocycles. The highest BCUT2D eigenvalue weighted by molar-refractivity contribution is 7.17. The van der Waals surface area contributed by atoms with Crippen molar-refractivity contribution in [3.8, 4) is 17.1 Å². The van der Waals surface area contributed by atoms with Crippen molar-refractivity contribution in [3.63, 3.8) is 0 Å². The number of aryl methyl sites for hydroxylation is 1. The fourth-order valence-electron chi connectivity index (χ4n) is 4.31. The third kappa shape index (κ3) is 3.76. The number of ether oxygens (including phenoxy) is 1. The van der Waals surface area contributed by atoms with Gasteiger partial charge in [-0.05, 0) is 68.3 Å². The zero-order valence-corrected chi connectivity index (χ0v) is 19.9. The Morgan fingerprint density at radius 1 is 1.21 bits per heavy atom. The van der Waals surface area contributed by atoms with Crippen LogP contribution in [0.25, 0.3) is 32.6 Å². The number of amides is 1. The smallest absolute Gasteiger partial charge is 0.410 e. The predicted octanol–water partition coefficient (Wildman–Crippen LogP) is 4.18. The van der Waals surface area contributed by atoms with Crippen molar-refractivity contribution >= 4 is 38.7 Å². The van der Waals surface area contributed by atoms with E-state index in [2.05, 4.69) is 9.97 Å². The van der Waals surface area contributed by atoms with Gasteiger partial charge in [0.1, 0.15) is 17.0 Å². The maximum atomic E-state index is 13.0. The topological polar surface area (TPSA) is 100 Å². The summed E-state index contributed by atoms with van der Waals surface area (Å²) in [4.78, 5) is 35.1. The van der Waals surface area contributed by atoms with Crippen LogP contribution >= 0.6 is 11.3 Å². The van der Waals surface area contributed by atoms with E-state index in [1.54, 1.807) is 11.9 Å². The molecule has 0 spiro atoms. The van der Waals surface area contributed by atoms with Gasteiger partial charge in [0.2, 0.25) is 0 Å². The van der Waals surface area contributed by atoms with Crippen LogP contribution in [0.5, 0.6) is 5.75 Å². The molecule has 4 aromatic rings. The Bertz CT molecular complexity index is 1410. The maximum Gasteiger partial charge on any atom is 0.410 e. The number of nitrogens with zero attached hydrogens (tertiary/aromatic N) is 3. The van der Waals surface area contributed by atoms with Gasteiger partial charge in [0.15, 0.2) is 5.75 Å². The number of fused-ring (bicyclic) bond motifs is 3. The Labute approximate surface area is 194 Å². The number of carbonyl (C=O) groups excluding carboxylic acids is 1. The van der Waals surface area contributed by atoms with Crippen molar-refractivity contribution in [3.05, 3.63) is 45.1 Å². The van der Waals surface area contributed by atoms with Gasteiger partial charge in [0, 0.05) is 20.1 Å². The second-order valence-electron chi connectivity index (χ2n) is 9.41. The van der Waals surface area contributed by atoms with Crippen LogP contribution in [0.2, 0.25) is 0 Å². The molecule has 1 amide bonds. The summed E-state index contributed by atoms with van der Waals surface area (Å²) in [5.41, 5.74) is 3.82. The number of hydrogen-bond donors (Lipinski definition) is 2. The van der Waals surface area contributed by atoms with E-state index in [1.807, 2.05) is 44.4 Å². The summed E-state index contributed by atoms with van der Waals surface area (Å²) < 4.78 is 7.72. The first-order valence-electron chi connectivity index (χ1n) is 10.9. The molecule has 0 atom stereocenters. The number of nitrogens with one attached hydrogen (secondary N) is 1. The van der Waals surface area contributed by atoms with Crippen molar-refractivity contribution in [2.75, 3.05) is 13.1 Å². The molecule has 2 N–H and O–H groups in total. The molecule has 4 heterocycles. The Morgan fingerprint density at radius 2 is 1.91 bits per heavy atom. The number of aromatic amines is 1. The molecule has 33 heavy (non-hydrogen) atoms. The molecule has 0 radical (unpaired) electrons. The number of aromatic nitrogens is 3. The molecule has 9 heteroatoms. The number of benzene rings is 1. The highest BCUT2D eigenvalue weighted by atomic mass is 32.1. The Balaban J connectivity index is 1.50. The van der Waals surface area contributed by atoms with E-state index in [1.165, 1.54) is 15.9 Å². The number of carbonyl (C=O) groups is 1. The number of imidazole rings is 1. The molecule has 0 unspecified atom stereocenters. The predicted molar refractivity (Wildman–Crippen MR) is 129 cm³/mol. The molecule has 3 aromatic heterocycles. The summed E-state index contributed by atoms with van der Waals surface area (Å²) in [5, 5.41) is 12.7. The Hall–Kier alpha value is -3.33. The molecule has 1 aliphatic rings. The number of rotatable bonds is 1. The normalized spacial score (nSPS) is 14.5. The van der Waals surface area contributed by atoms with Gasteiger partial charge in [-0.1, -0.05) is 0 Å². The number of pyridine rings is 1. The van der Waals surface area contributed by atoms with Gasteiger partial charge in [0.25, 0.3) is 5.56 Å². The minimum atomic E-state index is -0.527. The quantitative estimate of drug-likeness (QED) is 0.438. The van der Waals surface area contributed by atoms with E-state index in [0.29, 0.717) is 42.0 Å². The van der Waals surface area contributed by atoms with Crippen LogP contribution in [0.1, 0.15) is 31.9 Å². The molecule has 0 saturated heterocycles. The largest absolute Gasteiger partial charge is 0.505 e. The summed E-state index contributed by atoms with van der Waals surface area (Å²) in [7, 11) is 1.70. The summed E-state index contributed by atoms with van der Waals surface area (Å²) >= 11 is 1.39. The molecule has 0 fully saturated rings. The molecule has 8 nitrogen and oxygen atoms in total. The number of aromatic hydroxyl groups is 1. The van der Waals surface area contributed by atoms with E-state index in [-0.39, 0.29) is 23.0 Å². The molecule has 5 rings (SSSR count). The van der Waals surface area contributed by atoms with Gasteiger partial charge in [-0.3, -0.25) is 4.79 Å². The molecule has 0 bridgehead atoms. The summed E-state index contributed by atoms with van der Waals surface area (Å²) in [6, 6.07) is 5.86. The monoisotopic (exact) mass is 466 g/mol. The van der Waals surface area contributed by atoms with Crippen LogP contribution in [0.3, 0.4) is 0 Å². The minimum absolute atomic E-state index is 0.0447. The van der Waals surface area contributed by atoms with Crippen LogP contribution in [-0.4, -0.2) is 49.3 Å². The van der Waals surface area contributed by atoms with Crippen molar-refractivity contribution in [2.45, 2.75) is 39.2 Å². The standard InChI is InChI=1S/C24H26N4O4S/c1-24(2,3)32-23(31)28-8-5-13-11-15-16(12-14(13)6-9-28)26-21(25-15)18-19(29)20-17(7-10-33-20)27(4)22(18)30/h7,10-12,29H,5-6,8-9H2,1-4H3,(H,25,26). The van der Waals surface area contributed by atoms with Crippen LogP contribution < -0.4 is 5.56 Å². The third-order valence-electron chi connectivity index (χ3n) is 5.97. The molecule has 0 saturated carbocycles. The van der Waals surface area contributed by atoms with E-state index in [9.17, 15) is 14.7 Å². The van der Waals surface area contributed by atoms with Crippen molar-refractivity contribution in [1.29, 1.82) is 0 Å². The lowest BCUT2D eigenvalue weighted by atomic mass is 10.0. The van der Waals surface area contributed by atoms with Gasteiger partial charge in [-0.15, -0.1) is 11.3 Å². The minimum Gasteiger partial charge on any atom is -0.505 e. The Kier molecular flexibility index (Phi) is 4.97. The zero-order chi connectivity index (χ0) is 23.5. The first-order valence-corrected chi connectivity index (χ1v) is 11.8. The van der Waals surface area contributed by atoms with Crippen molar-refractivity contribution < 1.29 is 14.6 Å². The van der Waals surface area contributed by atoms with Gasteiger partial charge >= 0.3 is 6.09 Å². The molecule has 1 aromatic carbocycles. The van der Waals surface area contributed by atoms with Crippen LogP contribution in [-0.2, 0) is 24.6 Å². The van der Waals surface area contributed by atoms with Crippen LogP contribution in [0, 0.1) is 0 Å². The third-order valence-corrected chi connectivity index (χ3v) is 6.88. The molecular formula is C24H26N4O4S. The second-order valence-corrected chi connectivity index (χ2v) is 10.3. The van der Waals surface area contributed by atoms with E-state index < -0.39 is 5.60 Å². The van der Waals surface area contributed by atoms with Crippen molar-refractivity contribution in [1.82, 2.24) is 19.4 Å². The van der Waals surface area contributed by atoms with E-state index in [0.717, 1.165) is 22.2 Å². The lowest BCUT2D eigenvalue weighted by Crippen LogP contribution is -2.38. The van der Waals surface area contributed by atoms with Crippen molar-refractivity contribution in [2.24, 2.45) is 7.05 Å². The second kappa shape index (κ2) is 7.62. The first kappa shape index (κ1) is 21.5.